The molecule has 0 radical (unpaired) electrons. The second-order valence-corrected chi connectivity index (χ2v) is 5.77. The first-order chi connectivity index (χ1) is 9.17. The van der Waals surface area contributed by atoms with Gasteiger partial charge >= 0.3 is 0 Å². The molecule has 1 aliphatic rings. The molecule has 19 heavy (non-hydrogen) atoms. The molecule has 3 atom stereocenters. The lowest BCUT2D eigenvalue weighted by atomic mass is 9.72. The zero-order chi connectivity index (χ0) is 13.8. The van der Waals surface area contributed by atoms with Crippen LogP contribution in [-0.2, 0) is 0 Å². The molecule has 1 aromatic carbocycles. The van der Waals surface area contributed by atoms with Crippen molar-refractivity contribution in [3.8, 4) is 0 Å². The summed E-state index contributed by atoms with van der Waals surface area (Å²) in [7, 11) is 0. The van der Waals surface area contributed by atoms with Crippen LogP contribution in [0.1, 0.15) is 56.2 Å². The molecule has 0 bridgehead atoms. The SMILES string of the molecule is CCC1CCCCC1C(NN)c1ccc(F)c(C)c1. The van der Waals surface area contributed by atoms with Crippen LogP contribution in [0.2, 0.25) is 0 Å². The highest BCUT2D eigenvalue weighted by molar-refractivity contribution is 5.27. The van der Waals surface area contributed by atoms with E-state index < -0.39 is 0 Å². The summed E-state index contributed by atoms with van der Waals surface area (Å²) in [5.41, 5.74) is 4.79. The summed E-state index contributed by atoms with van der Waals surface area (Å²) in [5.74, 6) is 6.94. The lowest BCUT2D eigenvalue weighted by Crippen LogP contribution is -2.38. The van der Waals surface area contributed by atoms with Crippen LogP contribution in [0.5, 0.6) is 0 Å². The summed E-state index contributed by atoms with van der Waals surface area (Å²) in [6, 6.07) is 5.50. The Morgan fingerprint density at radius 3 is 2.74 bits per heavy atom. The van der Waals surface area contributed by atoms with Crippen molar-refractivity contribution in [2.45, 2.75) is 52.0 Å². The molecule has 1 fully saturated rings. The monoisotopic (exact) mass is 264 g/mol. The normalized spacial score (nSPS) is 25.3. The molecule has 0 saturated heterocycles. The highest BCUT2D eigenvalue weighted by atomic mass is 19.1. The van der Waals surface area contributed by atoms with E-state index in [1.54, 1.807) is 6.07 Å². The highest BCUT2D eigenvalue weighted by Gasteiger charge is 2.31. The first kappa shape index (κ1) is 14.5. The molecule has 0 aliphatic heterocycles. The first-order valence-corrected chi connectivity index (χ1v) is 7.39. The molecule has 0 amide bonds. The van der Waals surface area contributed by atoms with Gasteiger partial charge in [-0.25, -0.2) is 4.39 Å². The van der Waals surface area contributed by atoms with Gasteiger partial charge in [0.1, 0.15) is 5.82 Å². The third kappa shape index (κ3) is 3.15. The number of nitrogens with two attached hydrogens (primary N) is 1. The van der Waals surface area contributed by atoms with Crippen LogP contribution in [0.3, 0.4) is 0 Å². The number of benzene rings is 1. The van der Waals surface area contributed by atoms with E-state index in [0.717, 1.165) is 11.5 Å². The van der Waals surface area contributed by atoms with Crippen LogP contribution in [-0.4, -0.2) is 0 Å². The van der Waals surface area contributed by atoms with Crippen LogP contribution < -0.4 is 11.3 Å². The van der Waals surface area contributed by atoms with E-state index >= 15 is 0 Å². The van der Waals surface area contributed by atoms with E-state index in [2.05, 4.69) is 12.3 Å². The summed E-state index contributed by atoms with van der Waals surface area (Å²) in [4.78, 5) is 0. The van der Waals surface area contributed by atoms with Crippen molar-refractivity contribution < 1.29 is 4.39 Å². The van der Waals surface area contributed by atoms with Crippen molar-refractivity contribution in [3.05, 3.63) is 35.1 Å². The maximum Gasteiger partial charge on any atom is 0.126 e. The van der Waals surface area contributed by atoms with Gasteiger partial charge in [0.25, 0.3) is 0 Å². The molecule has 1 saturated carbocycles. The van der Waals surface area contributed by atoms with Crippen LogP contribution in [0, 0.1) is 24.6 Å². The minimum absolute atomic E-state index is 0.143. The van der Waals surface area contributed by atoms with Gasteiger partial charge in [0.15, 0.2) is 0 Å². The molecule has 1 aromatic rings. The fourth-order valence-electron chi connectivity index (χ4n) is 3.51. The highest BCUT2D eigenvalue weighted by Crippen LogP contribution is 2.40. The Morgan fingerprint density at radius 1 is 1.37 bits per heavy atom. The Labute approximate surface area is 115 Å². The van der Waals surface area contributed by atoms with E-state index in [9.17, 15) is 4.39 Å². The van der Waals surface area contributed by atoms with E-state index in [4.69, 9.17) is 5.84 Å². The number of rotatable bonds is 4. The largest absolute Gasteiger partial charge is 0.271 e. The molecule has 0 aromatic heterocycles. The molecule has 3 unspecified atom stereocenters. The molecule has 3 heteroatoms. The van der Waals surface area contributed by atoms with E-state index in [1.165, 1.54) is 32.1 Å². The van der Waals surface area contributed by atoms with Gasteiger partial charge in [0.05, 0.1) is 0 Å². The van der Waals surface area contributed by atoms with Crippen molar-refractivity contribution in [2.75, 3.05) is 0 Å². The second-order valence-electron chi connectivity index (χ2n) is 5.77. The van der Waals surface area contributed by atoms with Gasteiger partial charge in [0.2, 0.25) is 0 Å². The zero-order valence-corrected chi connectivity index (χ0v) is 12.0. The maximum atomic E-state index is 13.4. The molecular formula is C16H25FN2. The minimum atomic E-state index is -0.143. The smallest absolute Gasteiger partial charge is 0.126 e. The standard InChI is InChI=1S/C16H25FN2/c1-3-12-6-4-5-7-14(12)16(19-18)13-8-9-15(17)11(2)10-13/h8-10,12,14,16,19H,3-7,18H2,1-2H3. The van der Waals surface area contributed by atoms with Crippen LogP contribution in [0.4, 0.5) is 4.39 Å². The van der Waals surface area contributed by atoms with Gasteiger partial charge in [0, 0.05) is 6.04 Å². The predicted octanol–water partition coefficient (Wildman–Crippen LogP) is 3.85. The first-order valence-electron chi connectivity index (χ1n) is 7.39. The lowest BCUT2D eigenvalue weighted by molar-refractivity contribution is 0.176. The van der Waals surface area contributed by atoms with Gasteiger partial charge in [-0.15, -0.1) is 0 Å². The molecule has 0 heterocycles. The Bertz CT molecular complexity index is 419. The molecule has 0 spiro atoms. The van der Waals surface area contributed by atoms with E-state index in [-0.39, 0.29) is 11.9 Å². The third-order valence-electron chi connectivity index (χ3n) is 4.64. The summed E-state index contributed by atoms with van der Waals surface area (Å²) in [5, 5.41) is 0. The number of halogens is 1. The lowest BCUT2D eigenvalue weighted by Gasteiger charge is -2.37. The number of hydrogen-bond acceptors (Lipinski definition) is 2. The van der Waals surface area contributed by atoms with Crippen molar-refractivity contribution in [2.24, 2.45) is 17.7 Å². The predicted molar refractivity (Wildman–Crippen MR) is 76.9 cm³/mol. The van der Waals surface area contributed by atoms with Crippen molar-refractivity contribution >= 4 is 0 Å². The molecular weight excluding hydrogens is 239 g/mol. The second kappa shape index (κ2) is 6.49. The fourth-order valence-corrected chi connectivity index (χ4v) is 3.51. The van der Waals surface area contributed by atoms with Gasteiger partial charge in [-0.3, -0.25) is 11.3 Å². The Kier molecular flexibility index (Phi) is 4.94. The third-order valence-corrected chi connectivity index (χ3v) is 4.64. The van der Waals surface area contributed by atoms with Crippen LogP contribution in [0.15, 0.2) is 18.2 Å². The molecule has 2 rings (SSSR count). The Balaban J connectivity index is 2.24. The quantitative estimate of drug-likeness (QED) is 0.640. The average molecular weight is 264 g/mol. The molecule has 3 N–H and O–H groups in total. The van der Waals surface area contributed by atoms with Crippen molar-refractivity contribution in [3.63, 3.8) is 0 Å². The summed E-state index contributed by atoms with van der Waals surface area (Å²) < 4.78 is 13.4. The summed E-state index contributed by atoms with van der Waals surface area (Å²) in [6.45, 7) is 4.07. The summed E-state index contributed by atoms with van der Waals surface area (Å²) in [6.07, 6.45) is 6.31. The topological polar surface area (TPSA) is 38.0 Å². The van der Waals surface area contributed by atoms with Gasteiger partial charge in [-0.1, -0.05) is 44.7 Å². The number of hydrogen-bond donors (Lipinski definition) is 2. The van der Waals surface area contributed by atoms with Crippen LogP contribution in [0.25, 0.3) is 0 Å². The van der Waals surface area contributed by atoms with Crippen molar-refractivity contribution in [1.82, 2.24) is 5.43 Å². The molecule has 106 valence electrons. The van der Waals surface area contributed by atoms with E-state index in [1.807, 2.05) is 19.1 Å². The van der Waals surface area contributed by atoms with E-state index in [0.29, 0.717) is 11.5 Å². The Morgan fingerprint density at radius 2 is 2.11 bits per heavy atom. The molecule has 2 nitrogen and oxygen atoms in total. The summed E-state index contributed by atoms with van der Waals surface area (Å²) >= 11 is 0. The number of nitrogens with one attached hydrogen (secondary N) is 1. The van der Waals surface area contributed by atoms with Crippen LogP contribution >= 0.6 is 0 Å². The number of aryl methyl sites for hydroxylation is 1. The minimum Gasteiger partial charge on any atom is -0.271 e. The average Bonchev–Trinajstić information content (AvgIpc) is 2.44. The molecule has 1 aliphatic carbocycles. The van der Waals surface area contributed by atoms with Crippen molar-refractivity contribution in [1.29, 1.82) is 0 Å². The Hall–Kier alpha value is -0.930. The maximum absolute atomic E-state index is 13.4. The number of hydrazine groups is 1. The van der Waals surface area contributed by atoms with Gasteiger partial charge in [-0.05, 0) is 42.4 Å². The zero-order valence-electron chi connectivity index (χ0n) is 12.0. The fraction of sp³-hybridized carbons (Fsp3) is 0.625. The van der Waals surface area contributed by atoms with Gasteiger partial charge < -0.3 is 0 Å². The van der Waals surface area contributed by atoms with Gasteiger partial charge in [-0.2, -0.15) is 0 Å².